The molecule has 0 aliphatic heterocycles. The number of carbonyl (C=O) groups excluding carboxylic acids is 1. The van der Waals surface area contributed by atoms with E-state index in [1.165, 1.54) is 68.9 Å². The molecule has 0 N–H and O–H groups in total. The summed E-state index contributed by atoms with van der Waals surface area (Å²) in [5, 5.41) is 0. The third-order valence-electron chi connectivity index (χ3n) is 8.56. The Morgan fingerprint density at radius 2 is 1.54 bits per heavy atom. The standard InChI is InChI=1S/C33H44O2/c1-3-4-6-9-26-14-22-32(23-15-26)35-33(34)31-20-18-30(19-21-31)29-16-12-27(13-17-29)24-25(2)28-10-7-5-8-11-28/h3-5,7-8,10-11,18-21,25-27,29,32H,6,9,12-17,22-24H2,1-2H3/b4-3+/t25-,26?,27?,29?,32?/m0/s1. The van der Waals surface area contributed by atoms with Crippen molar-refractivity contribution in [3.05, 3.63) is 83.4 Å². The minimum atomic E-state index is -0.146. The number of hydrogen-bond donors (Lipinski definition) is 0. The zero-order chi connectivity index (χ0) is 24.5. The van der Waals surface area contributed by atoms with Crippen LogP contribution in [0.2, 0.25) is 0 Å². The molecular formula is C33H44O2. The molecule has 0 radical (unpaired) electrons. The van der Waals surface area contributed by atoms with Gasteiger partial charge in [-0.2, -0.15) is 0 Å². The molecule has 2 aliphatic rings. The molecule has 0 heterocycles. The number of hydrogen-bond acceptors (Lipinski definition) is 2. The number of carbonyl (C=O) groups is 1. The fourth-order valence-corrected chi connectivity index (χ4v) is 6.30. The van der Waals surface area contributed by atoms with E-state index in [1.807, 2.05) is 12.1 Å². The topological polar surface area (TPSA) is 26.3 Å². The number of ether oxygens (including phenoxy) is 1. The van der Waals surface area contributed by atoms with Gasteiger partial charge in [0.1, 0.15) is 6.10 Å². The Hall–Kier alpha value is -2.35. The maximum absolute atomic E-state index is 12.7. The predicted octanol–water partition coefficient (Wildman–Crippen LogP) is 9.23. The minimum Gasteiger partial charge on any atom is -0.459 e. The summed E-state index contributed by atoms with van der Waals surface area (Å²) in [7, 11) is 0. The smallest absolute Gasteiger partial charge is 0.338 e. The maximum Gasteiger partial charge on any atom is 0.338 e. The molecule has 0 saturated heterocycles. The van der Waals surface area contributed by atoms with Crippen molar-refractivity contribution in [1.29, 1.82) is 0 Å². The summed E-state index contributed by atoms with van der Waals surface area (Å²) in [6.07, 6.45) is 17.7. The van der Waals surface area contributed by atoms with E-state index in [9.17, 15) is 4.79 Å². The Morgan fingerprint density at radius 1 is 0.886 bits per heavy atom. The third-order valence-corrected chi connectivity index (χ3v) is 8.56. The van der Waals surface area contributed by atoms with Crippen molar-refractivity contribution >= 4 is 5.97 Å². The molecule has 2 aliphatic carbocycles. The van der Waals surface area contributed by atoms with Gasteiger partial charge in [0.2, 0.25) is 0 Å². The molecule has 0 aromatic heterocycles. The number of allylic oxidation sites excluding steroid dienone is 2. The lowest BCUT2D eigenvalue weighted by Gasteiger charge is -2.30. The molecule has 2 saturated carbocycles. The Bertz CT molecular complexity index is 913. The van der Waals surface area contributed by atoms with Gasteiger partial charge in [0, 0.05) is 0 Å². The zero-order valence-electron chi connectivity index (χ0n) is 21.8. The second kappa shape index (κ2) is 13.1. The van der Waals surface area contributed by atoms with Crippen molar-refractivity contribution < 1.29 is 9.53 Å². The summed E-state index contributed by atoms with van der Waals surface area (Å²) in [5.74, 6) is 2.73. The Morgan fingerprint density at radius 3 is 2.20 bits per heavy atom. The summed E-state index contributed by atoms with van der Waals surface area (Å²) in [4.78, 5) is 12.7. The third kappa shape index (κ3) is 7.56. The lowest BCUT2D eigenvalue weighted by atomic mass is 9.75. The van der Waals surface area contributed by atoms with Crippen LogP contribution in [0.25, 0.3) is 0 Å². The molecule has 0 amide bonds. The first kappa shape index (κ1) is 25.7. The first-order valence-electron chi connectivity index (χ1n) is 14.1. The number of esters is 1. The summed E-state index contributed by atoms with van der Waals surface area (Å²) in [5.41, 5.74) is 3.56. The van der Waals surface area contributed by atoms with E-state index in [0.29, 0.717) is 17.4 Å². The molecule has 2 heteroatoms. The van der Waals surface area contributed by atoms with Crippen LogP contribution >= 0.6 is 0 Å². The fourth-order valence-electron chi connectivity index (χ4n) is 6.30. The van der Waals surface area contributed by atoms with E-state index in [1.54, 1.807) is 0 Å². The van der Waals surface area contributed by atoms with E-state index < -0.39 is 0 Å². The summed E-state index contributed by atoms with van der Waals surface area (Å²) in [6.45, 7) is 4.46. The van der Waals surface area contributed by atoms with Crippen LogP contribution in [0.4, 0.5) is 0 Å². The van der Waals surface area contributed by atoms with E-state index >= 15 is 0 Å². The Balaban J connectivity index is 1.20. The summed E-state index contributed by atoms with van der Waals surface area (Å²) < 4.78 is 5.87. The van der Waals surface area contributed by atoms with Gasteiger partial charge < -0.3 is 4.74 Å². The monoisotopic (exact) mass is 472 g/mol. The Kier molecular flexibility index (Phi) is 9.63. The zero-order valence-corrected chi connectivity index (χ0v) is 21.8. The molecule has 2 aromatic rings. The second-order valence-electron chi connectivity index (χ2n) is 11.1. The molecule has 2 fully saturated rings. The molecule has 2 nitrogen and oxygen atoms in total. The van der Waals surface area contributed by atoms with Gasteiger partial charge in [-0.05, 0) is 124 Å². The fraction of sp³-hybridized carbons (Fsp3) is 0.545. The highest BCUT2D eigenvalue weighted by atomic mass is 16.5. The summed E-state index contributed by atoms with van der Waals surface area (Å²) in [6, 6.07) is 19.3. The van der Waals surface area contributed by atoms with E-state index in [-0.39, 0.29) is 12.1 Å². The number of rotatable bonds is 9. The van der Waals surface area contributed by atoms with Gasteiger partial charge in [-0.25, -0.2) is 4.79 Å². The van der Waals surface area contributed by atoms with Gasteiger partial charge in [-0.1, -0.05) is 61.5 Å². The normalized spacial score (nSPS) is 25.9. The van der Waals surface area contributed by atoms with Crippen LogP contribution in [0.3, 0.4) is 0 Å². The average molecular weight is 473 g/mol. The van der Waals surface area contributed by atoms with Gasteiger partial charge in [-0.3, -0.25) is 0 Å². The van der Waals surface area contributed by atoms with Crippen LogP contribution in [0, 0.1) is 11.8 Å². The molecule has 4 rings (SSSR count). The minimum absolute atomic E-state index is 0.0914. The van der Waals surface area contributed by atoms with E-state index in [4.69, 9.17) is 4.74 Å². The lowest BCUT2D eigenvalue weighted by molar-refractivity contribution is 0.0162. The quantitative estimate of drug-likeness (QED) is 0.268. The van der Waals surface area contributed by atoms with Crippen molar-refractivity contribution in [2.45, 2.75) is 102 Å². The van der Waals surface area contributed by atoms with E-state index in [2.05, 4.69) is 68.5 Å². The molecule has 0 bridgehead atoms. The maximum atomic E-state index is 12.7. The van der Waals surface area contributed by atoms with E-state index in [0.717, 1.165) is 24.7 Å². The van der Waals surface area contributed by atoms with Crippen LogP contribution in [0.15, 0.2) is 66.7 Å². The highest BCUT2D eigenvalue weighted by molar-refractivity contribution is 5.89. The van der Waals surface area contributed by atoms with Crippen molar-refractivity contribution in [3.8, 4) is 0 Å². The molecule has 2 aromatic carbocycles. The van der Waals surface area contributed by atoms with Crippen molar-refractivity contribution in [3.63, 3.8) is 0 Å². The van der Waals surface area contributed by atoms with Gasteiger partial charge in [0.15, 0.2) is 0 Å². The van der Waals surface area contributed by atoms with Gasteiger partial charge in [0.05, 0.1) is 5.56 Å². The second-order valence-corrected chi connectivity index (χ2v) is 11.1. The molecule has 0 unspecified atom stereocenters. The Labute approximate surface area is 213 Å². The van der Waals surface area contributed by atoms with Crippen LogP contribution in [0.5, 0.6) is 0 Å². The molecule has 35 heavy (non-hydrogen) atoms. The molecular weight excluding hydrogens is 428 g/mol. The van der Waals surface area contributed by atoms with Crippen LogP contribution in [0.1, 0.15) is 118 Å². The molecule has 0 spiro atoms. The van der Waals surface area contributed by atoms with Gasteiger partial charge >= 0.3 is 5.97 Å². The van der Waals surface area contributed by atoms with Crippen LogP contribution in [-0.2, 0) is 4.74 Å². The summed E-state index contributed by atoms with van der Waals surface area (Å²) >= 11 is 0. The highest BCUT2D eigenvalue weighted by Gasteiger charge is 2.26. The number of benzene rings is 2. The largest absolute Gasteiger partial charge is 0.459 e. The van der Waals surface area contributed by atoms with Crippen LogP contribution < -0.4 is 0 Å². The van der Waals surface area contributed by atoms with Crippen molar-refractivity contribution in [2.75, 3.05) is 0 Å². The van der Waals surface area contributed by atoms with Gasteiger partial charge in [-0.15, -0.1) is 0 Å². The molecule has 188 valence electrons. The lowest BCUT2D eigenvalue weighted by Crippen LogP contribution is -2.24. The average Bonchev–Trinajstić information content (AvgIpc) is 2.91. The van der Waals surface area contributed by atoms with Crippen LogP contribution in [-0.4, -0.2) is 12.1 Å². The van der Waals surface area contributed by atoms with Gasteiger partial charge in [0.25, 0.3) is 0 Å². The van der Waals surface area contributed by atoms with Crippen molar-refractivity contribution in [2.24, 2.45) is 11.8 Å². The SMILES string of the molecule is C/C=C/CCC1CCC(OC(=O)c2ccc(C3CCC(C[C@H](C)c4ccccc4)CC3)cc2)CC1. The first-order chi connectivity index (χ1) is 17.1. The predicted molar refractivity (Wildman–Crippen MR) is 146 cm³/mol. The first-order valence-corrected chi connectivity index (χ1v) is 14.1. The highest BCUT2D eigenvalue weighted by Crippen LogP contribution is 2.39. The molecule has 1 atom stereocenters. The van der Waals surface area contributed by atoms with Crippen molar-refractivity contribution in [1.82, 2.24) is 0 Å².